The van der Waals surface area contributed by atoms with Crippen LogP contribution in [0.25, 0.3) is 5.57 Å². The lowest BCUT2D eigenvalue weighted by Crippen LogP contribution is -2.22. The Labute approximate surface area is 347 Å². The first kappa shape index (κ1) is 45.1. The maximum atomic E-state index is 11.9. The predicted octanol–water partition coefficient (Wildman–Crippen LogP) is 14.9. The Morgan fingerprint density at radius 2 is 1.33 bits per heavy atom. The van der Waals surface area contributed by atoms with Gasteiger partial charge in [-0.15, -0.1) is 0 Å². The molecule has 0 aromatic heterocycles. The summed E-state index contributed by atoms with van der Waals surface area (Å²) < 4.78 is 2.52. The zero-order valence-electron chi connectivity index (χ0n) is 37.6. The van der Waals surface area contributed by atoms with Crippen LogP contribution in [-0.2, 0) is 0 Å². The van der Waals surface area contributed by atoms with Crippen molar-refractivity contribution in [1.82, 2.24) is 0 Å². The van der Waals surface area contributed by atoms with Gasteiger partial charge in [0.25, 0.3) is 0 Å². The van der Waals surface area contributed by atoms with Gasteiger partial charge in [-0.05, 0) is 95.9 Å². The monoisotopic (exact) mass is 769 g/mol. The van der Waals surface area contributed by atoms with E-state index in [-0.39, 0.29) is 5.75 Å². The highest BCUT2D eigenvalue weighted by atomic mass is 16.3. The lowest BCUT2D eigenvalue weighted by molar-refractivity contribution is -0.441. The van der Waals surface area contributed by atoms with E-state index in [1.54, 1.807) is 0 Å². The van der Waals surface area contributed by atoms with Gasteiger partial charge in [0, 0.05) is 70.5 Å². The lowest BCUT2D eigenvalue weighted by Gasteiger charge is -2.32. The minimum Gasteiger partial charge on any atom is -0.507 e. The average molecular weight is 769 g/mol. The molecule has 3 aromatic rings. The fraction of sp³-hybridized carbons (Fsp3) is 0.453. The second-order valence-corrected chi connectivity index (χ2v) is 17.1. The summed E-state index contributed by atoms with van der Waals surface area (Å²) in [7, 11) is 0. The highest BCUT2D eigenvalue weighted by Crippen LogP contribution is 2.43. The fourth-order valence-electron chi connectivity index (χ4n) is 8.41. The number of allylic oxidation sites excluding steroid dienone is 7. The van der Waals surface area contributed by atoms with Crippen LogP contribution in [0.2, 0.25) is 0 Å². The van der Waals surface area contributed by atoms with Crippen molar-refractivity contribution in [3.05, 3.63) is 136 Å². The van der Waals surface area contributed by atoms with E-state index in [0.717, 1.165) is 83.7 Å². The van der Waals surface area contributed by atoms with E-state index >= 15 is 0 Å². The standard InChI is InChI=1S/C53H73N3O/c1-14-18-20-32-56(53-46(37(9)10)25-22-26-47(53)38(11)12)40-27-29-48(50(54)33-40)39(13)42(16-3)43(17-4)49-30-28-41(34-51(49)57)55(31-19-15-2)52-44(35(5)6)23-21-24-45(52)36(7)8/h17,21-30,33-38H,4,14-16,18-20,31-32H2,1-3,5-13H3,(H2,54,57)/p+1. The molecule has 57 heavy (non-hydrogen) atoms. The van der Waals surface area contributed by atoms with E-state index < -0.39 is 0 Å². The van der Waals surface area contributed by atoms with Gasteiger partial charge in [0.15, 0.2) is 0 Å². The molecule has 0 unspecified atom stereocenters. The summed E-state index contributed by atoms with van der Waals surface area (Å²) >= 11 is 0. The highest BCUT2D eigenvalue weighted by Gasteiger charge is 2.28. The Morgan fingerprint density at radius 3 is 1.81 bits per heavy atom. The molecule has 3 N–H and O–H groups in total. The van der Waals surface area contributed by atoms with Crippen molar-refractivity contribution in [3.8, 4) is 5.75 Å². The highest BCUT2D eigenvalue weighted by molar-refractivity contribution is 6.04. The van der Waals surface area contributed by atoms with Crippen LogP contribution in [-0.4, -0.2) is 28.5 Å². The zero-order valence-corrected chi connectivity index (χ0v) is 37.6. The molecule has 0 fully saturated rings. The van der Waals surface area contributed by atoms with Crippen LogP contribution in [0.5, 0.6) is 5.75 Å². The minimum absolute atomic E-state index is 0.256. The summed E-state index contributed by atoms with van der Waals surface area (Å²) in [5.41, 5.74) is 22.9. The van der Waals surface area contributed by atoms with Gasteiger partial charge >= 0.3 is 0 Å². The van der Waals surface area contributed by atoms with Gasteiger partial charge in [0.05, 0.1) is 0 Å². The predicted molar refractivity (Wildman–Crippen MR) is 250 cm³/mol. The Bertz CT molecular complexity index is 1980. The normalized spacial score (nSPS) is 15.4. The first-order valence-corrected chi connectivity index (χ1v) is 21.9. The molecule has 0 amide bonds. The Hall–Kier alpha value is -4.57. The summed E-state index contributed by atoms with van der Waals surface area (Å²) in [6.45, 7) is 33.2. The first-order valence-electron chi connectivity index (χ1n) is 21.9. The molecule has 3 aromatic carbocycles. The number of phenols is 1. The minimum atomic E-state index is 0.256. The van der Waals surface area contributed by atoms with Gasteiger partial charge in [-0.25, -0.2) is 0 Å². The number of benzene rings is 3. The van der Waals surface area contributed by atoms with Crippen LogP contribution in [0.1, 0.15) is 173 Å². The maximum absolute atomic E-state index is 11.9. The van der Waals surface area contributed by atoms with Crippen LogP contribution < -0.4 is 10.6 Å². The molecule has 306 valence electrons. The molecular weight excluding hydrogens is 695 g/mol. The number of unbranched alkanes of at least 4 members (excludes halogenated alkanes) is 3. The molecule has 4 rings (SSSR count). The molecule has 1 aliphatic carbocycles. The molecular formula is C53H74N3O+. The van der Waals surface area contributed by atoms with Crippen LogP contribution in [0.4, 0.5) is 17.1 Å². The van der Waals surface area contributed by atoms with Crippen LogP contribution in [0.3, 0.4) is 0 Å². The number of nitrogens with two attached hydrogens (primary N) is 1. The fourth-order valence-corrected chi connectivity index (χ4v) is 8.41. The molecule has 0 radical (unpaired) electrons. The largest absolute Gasteiger partial charge is 0.507 e. The number of aromatic hydroxyl groups is 1. The second kappa shape index (κ2) is 20.7. The second-order valence-electron chi connectivity index (χ2n) is 17.1. The van der Waals surface area contributed by atoms with Crippen LogP contribution in [0, 0.1) is 0 Å². The summed E-state index contributed by atoms with van der Waals surface area (Å²) in [5, 5.41) is 11.9. The van der Waals surface area contributed by atoms with Gasteiger partial charge in [0.2, 0.25) is 11.4 Å². The molecule has 0 atom stereocenters. The summed E-state index contributed by atoms with van der Waals surface area (Å²) in [6, 6.07) is 19.7. The van der Waals surface area contributed by atoms with E-state index in [1.807, 2.05) is 12.1 Å². The molecule has 4 nitrogen and oxygen atoms in total. The van der Waals surface area contributed by atoms with Gasteiger partial charge < -0.3 is 15.7 Å². The Balaban J connectivity index is 1.87. The number of para-hydroxylation sites is 2. The molecule has 1 aliphatic rings. The van der Waals surface area contributed by atoms with E-state index in [4.69, 9.17) is 5.73 Å². The number of hydrogen-bond acceptors (Lipinski definition) is 3. The molecule has 0 saturated carbocycles. The zero-order chi connectivity index (χ0) is 42.0. The Kier molecular flexibility index (Phi) is 16.4. The molecule has 0 bridgehead atoms. The third kappa shape index (κ3) is 10.3. The maximum Gasteiger partial charge on any atom is 0.212 e. The van der Waals surface area contributed by atoms with Gasteiger partial charge in [-0.1, -0.05) is 138 Å². The van der Waals surface area contributed by atoms with Crippen molar-refractivity contribution in [3.63, 3.8) is 0 Å². The van der Waals surface area contributed by atoms with Gasteiger partial charge in [-0.2, -0.15) is 4.58 Å². The van der Waals surface area contributed by atoms with Crippen molar-refractivity contribution in [2.24, 2.45) is 5.73 Å². The molecule has 0 saturated heterocycles. The van der Waals surface area contributed by atoms with Crippen LogP contribution in [0.15, 0.2) is 108 Å². The number of anilines is 2. The van der Waals surface area contributed by atoms with Crippen molar-refractivity contribution in [2.45, 2.75) is 145 Å². The smallest absolute Gasteiger partial charge is 0.212 e. The first-order chi connectivity index (χ1) is 27.2. The van der Waals surface area contributed by atoms with E-state index in [2.05, 4.69) is 166 Å². The quantitative estimate of drug-likeness (QED) is 0.0770. The van der Waals surface area contributed by atoms with Crippen LogP contribution >= 0.6 is 0 Å². The van der Waals surface area contributed by atoms with E-state index in [1.165, 1.54) is 46.5 Å². The number of rotatable bonds is 18. The number of hydrogen-bond donors (Lipinski definition) is 2. The van der Waals surface area contributed by atoms with E-state index in [9.17, 15) is 5.11 Å². The number of nitrogens with zero attached hydrogens (tertiary/aromatic N) is 2. The number of phenolic OH excluding ortho intramolecular Hbond substituents is 1. The molecule has 0 heterocycles. The molecule has 4 heteroatoms. The van der Waals surface area contributed by atoms with Gasteiger partial charge in [-0.3, -0.25) is 0 Å². The average Bonchev–Trinajstić information content (AvgIpc) is 3.18. The van der Waals surface area contributed by atoms with Crippen molar-refractivity contribution < 1.29 is 9.68 Å². The van der Waals surface area contributed by atoms with Crippen molar-refractivity contribution in [2.75, 3.05) is 18.0 Å². The lowest BCUT2D eigenvalue weighted by atomic mass is 9.87. The topological polar surface area (TPSA) is 52.5 Å². The summed E-state index contributed by atoms with van der Waals surface area (Å²) in [5.74, 6) is 1.79. The Morgan fingerprint density at radius 1 is 0.772 bits per heavy atom. The van der Waals surface area contributed by atoms with Crippen molar-refractivity contribution >= 4 is 28.3 Å². The molecule has 0 aliphatic heterocycles. The van der Waals surface area contributed by atoms with Gasteiger partial charge in [0.1, 0.15) is 12.3 Å². The third-order valence-electron chi connectivity index (χ3n) is 11.6. The van der Waals surface area contributed by atoms with E-state index in [0.29, 0.717) is 23.7 Å². The summed E-state index contributed by atoms with van der Waals surface area (Å²) in [4.78, 5) is 2.44. The van der Waals surface area contributed by atoms with Crippen molar-refractivity contribution in [1.29, 1.82) is 0 Å². The SMILES string of the molecule is C=C/C(=C(CC)\C(C)=C1C=C/C(=[N+](/CCCCC)c2c(C(C)C)cccc2C(C)C)C=C\1N)c1ccc(N(CCCC)c2c(C(C)C)cccc2C(C)C)cc1O. The molecule has 0 spiro atoms. The third-order valence-corrected chi connectivity index (χ3v) is 11.6. The summed E-state index contributed by atoms with van der Waals surface area (Å²) in [6.07, 6.45) is 14.9.